The molecule has 1 heterocycles. The lowest BCUT2D eigenvalue weighted by molar-refractivity contribution is -0.114. The zero-order valence-corrected chi connectivity index (χ0v) is 14.0. The van der Waals surface area contributed by atoms with Crippen LogP contribution in [-0.4, -0.2) is 44.3 Å². The number of hydrogen-bond donors (Lipinski definition) is 1. The predicted octanol–water partition coefficient (Wildman–Crippen LogP) is 1.90. The number of anilines is 1. The molecule has 0 unspecified atom stereocenters. The molecular formula is C16H24N2O3S. The minimum atomic E-state index is -2.90. The van der Waals surface area contributed by atoms with Crippen molar-refractivity contribution in [3.8, 4) is 0 Å². The van der Waals surface area contributed by atoms with Crippen molar-refractivity contribution < 1.29 is 13.2 Å². The third-order valence-electron chi connectivity index (χ3n) is 3.82. The van der Waals surface area contributed by atoms with Gasteiger partial charge in [-0.15, -0.1) is 0 Å². The van der Waals surface area contributed by atoms with E-state index in [9.17, 15) is 13.2 Å². The molecule has 2 rings (SSSR count). The number of benzene rings is 1. The Morgan fingerprint density at radius 1 is 1.32 bits per heavy atom. The van der Waals surface area contributed by atoms with E-state index in [1.807, 2.05) is 24.3 Å². The molecule has 0 bridgehead atoms. The van der Waals surface area contributed by atoms with Gasteiger partial charge < -0.3 is 5.32 Å². The van der Waals surface area contributed by atoms with Crippen LogP contribution in [0.15, 0.2) is 24.3 Å². The Labute approximate surface area is 132 Å². The van der Waals surface area contributed by atoms with Crippen LogP contribution in [0.5, 0.6) is 0 Å². The molecule has 5 nitrogen and oxygen atoms in total. The van der Waals surface area contributed by atoms with E-state index in [1.54, 1.807) is 0 Å². The quantitative estimate of drug-likeness (QED) is 0.898. The molecule has 1 amide bonds. The summed E-state index contributed by atoms with van der Waals surface area (Å²) in [6.45, 7) is 4.15. The highest BCUT2D eigenvalue weighted by Gasteiger charge is 2.23. The Morgan fingerprint density at radius 3 is 2.59 bits per heavy atom. The first-order valence-corrected chi connectivity index (χ1v) is 9.64. The number of rotatable bonds is 5. The van der Waals surface area contributed by atoms with Crippen molar-refractivity contribution in [2.45, 2.75) is 26.3 Å². The van der Waals surface area contributed by atoms with Gasteiger partial charge in [0, 0.05) is 32.0 Å². The highest BCUT2D eigenvalue weighted by atomic mass is 32.2. The number of carbonyl (C=O) groups is 1. The van der Waals surface area contributed by atoms with Crippen molar-refractivity contribution in [2.24, 2.45) is 5.92 Å². The van der Waals surface area contributed by atoms with Crippen LogP contribution in [0.25, 0.3) is 0 Å². The molecular weight excluding hydrogens is 300 g/mol. The third-order valence-corrected chi connectivity index (χ3v) is 4.90. The normalized spacial score (nSPS) is 19.8. The lowest BCUT2D eigenvalue weighted by Crippen LogP contribution is -2.37. The summed E-state index contributed by atoms with van der Waals surface area (Å²) in [4.78, 5) is 13.3. The largest absolute Gasteiger partial charge is 0.326 e. The van der Waals surface area contributed by atoms with E-state index in [0.717, 1.165) is 38.2 Å². The standard InChI is InChI=1S/C16H24N2O3S/c1-13(19)17-16-7-5-14(6-8-16)10-18-9-3-4-15(11-18)12-22(2,20)21/h5-8,15H,3-4,9-12H2,1-2H3,(H,17,19)/t15-/m1/s1. The average Bonchev–Trinajstić information content (AvgIpc) is 2.39. The van der Waals surface area contributed by atoms with Crippen LogP contribution in [-0.2, 0) is 21.2 Å². The van der Waals surface area contributed by atoms with E-state index < -0.39 is 9.84 Å². The van der Waals surface area contributed by atoms with E-state index in [2.05, 4.69) is 10.2 Å². The monoisotopic (exact) mass is 324 g/mol. The lowest BCUT2D eigenvalue weighted by Gasteiger charge is -2.32. The van der Waals surface area contributed by atoms with Gasteiger partial charge in [-0.25, -0.2) is 8.42 Å². The zero-order chi connectivity index (χ0) is 16.2. The molecule has 1 atom stereocenters. The van der Waals surface area contributed by atoms with Gasteiger partial charge in [0.15, 0.2) is 0 Å². The maximum atomic E-state index is 11.4. The summed E-state index contributed by atoms with van der Waals surface area (Å²) < 4.78 is 22.9. The highest BCUT2D eigenvalue weighted by molar-refractivity contribution is 7.90. The second-order valence-electron chi connectivity index (χ2n) is 6.21. The molecule has 0 aromatic heterocycles. The molecule has 1 saturated heterocycles. The van der Waals surface area contributed by atoms with Gasteiger partial charge in [-0.05, 0) is 43.0 Å². The van der Waals surface area contributed by atoms with Crippen LogP contribution in [0.1, 0.15) is 25.3 Å². The Bertz CT molecular complexity index is 611. The predicted molar refractivity (Wildman–Crippen MR) is 88.5 cm³/mol. The number of sulfone groups is 1. The fraction of sp³-hybridized carbons (Fsp3) is 0.562. The first-order chi connectivity index (χ1) is 10.3. The second kappa shape index (κ2) is 7.24. The van der Waals surface area contributed by atoms with Gasteiger partial charge in [-0.3, -0.25) is 9.69 Å². The van der Waals surface area contributed by atoms with Crippen LogP contribution in [0, 0.1) is 5.92 Å². The molecule has 1 aliphatic heterocycles. The van der Waals surface area contributed by atoms with Gasteiger partial charge in [-0.1, -0.05) is 12.1 Å². The molecule has 1 aromatic carbocycles. The van der Waals surface area contributed by atoms with E-state index in [-0.39, 0.29) is 17.6 Å². The fourth-order valence-corrected chi connectivity index (χ4v) is 4.14. The summed E-state index contributed by atoms with van der Waals surface area (Å²) in [5, 5.41) is 2.75. The van der Waals surface area contributed by atoms with Gasteiger partial charge in [0.25, 0.3) is 0 Å². The smallest absolute Gasteiger partial charge is 0.221 e. The number of amides is 1. The summed E-state index contributed by atoms with van der Waals surface area (Å²) in [5.41, 5.74) is 1.97. The van der Waals surface area contributed by atoms with Gasteiger partial charge in [0.2, 0.25) is 5.91 Å². The topological polar surface area (TPSA) is 66.5 Å². The summed E-state index contributed by atoms with van der Waals surface area (Å²) >= 11 is 0. The fourth-order valence-electron chi connectivity index (χ4n) is 3.01. The molecule has 0 aliphatic carbocycles. The number of piperidine rings is 1. The number of carbonyl (C=O) groups excluding carboxylic acids is 1. The van der Waals surface area contributed by atoms with Gasteiger partial charge in [0.1, 0.15) is 9.84 Å². The van der Waals surface area contributed by atoms with E-state index in [1.165, 1.54) is 18.7 Å². The van der Waals surface area contributed by atoms with Crippen molar-refractivity contribution in [1.29, 1.82) is 0 Å². The van der Waals surface area contributed by atoms with E-state index >= 15 is 0 Å². The van der Waals surface area contributed by atoms with Crippen LogP contribution in [0.2, 0.25) is 0 Å². The molecule has 1 N–H and O–H groups in total. The summed E-state index contributed by atoms with van der Waals surface area (Å²) in [5.74, 6) is 0.445. The molecule has 0 saturated carbocycles. The highest BCUT2D eigenvalue weighted by Crippen LogP contribution is 2.20. The maximum Gasteiger partial charge on any atom is 0.221 e. The number of nitrogens with zero attached hydrogens (tertiary/aromatic N) is 1. The minimum absolute atomic E-state index is 0.0765. The van der Waals surface area contributed by atoms with Crippen molar-refractivity contribution in [3.63, 3.8) is 0 Å². The first kappa shape index (κ1) is 17.0. The molecule has 6 heteroatoms. The summed E-state index contributed by atoms with van der Waals surface area (Å²) in [6.07, 6.45) is 3.35. The third kappa shape index (κ3) is 5.77. The van der Waals surface area contributed by atoms with Crippen molar-refractivity contribution in [1.82, 2.24) is 4.90 Å². The molecule has 0 spiro atoms. The zero-order valence-electron chi connectivity index (χ0n) is 13.2. The number of hydrogen-bond acceptors (Lipinski definition) is 4. The Kier molecular flexibility index (Phi) is 5.58. The maximum absolute atomic E-state index is 11.4. The van der Waals surface area contributed by atoms with Crippen LogP contribution >= 0.6 is 0 Å². The Morgan fingerprint density at radius 2 is 2.00 bits per heavy atom. The van der Waals surface area contributed by atoms with Crippen molar-refractivity contribution in [3.05, 3.63) is 29.8 Å². The average molecular weight is 324 g/mol. The van der Waals surface area contributed by atoms with E-state index in [0.29, 0.717) is 0 Å². The Balaban J connectivity index is 1.91. The lowest BCUT2D eigenvalue weighted by atomic mass is 9.99. The summed E-state index contributed by atoms with van der Waals surface area (Å²) in [7, 11) is -2.90. The molecule has 122 valence electrons. The minimum Gasteiger partial charge on any atom is -0.326 e. The second-order valence-corrected chi connectivity index (χ2v) is 8.40. The molecule has 0 radical (unpaired) electrons. The Hall–Kier alpha value is -1.40. The number of nitrogens with one attached hydrogen (secondary N) is 1. The van der Waals surface area contributed by atoms with Gasteiger partial charge in [0.05, 0.1) is 5.75 Å². The molecule has 22 heavy (non-hydrogen) atoms. The van der Waals surface area contributed by atoms with Crippen LogP contribution in [0.3, 0.4) is 0 Å². The SMILES string of the molecule is CC(=O)Nc1ccc(CN2CCC[C@@H](CS(C)(=O)=O)C2)cc1. The van der Waals surface area contributed by atoms with Gasteiger partial charge in [-0.2, -0.15) is 0 Å². The molecule has 1 aromatic rings. The first-order valence-electron chi connectivity index (χ1n) is 7.58. The van der Waals surface area contributed by atoms with Gasteiger partial charge >= 0.3 is 0 Å². The molecule has 1 fully saturated rings. The van der Waals surface area contributed by atoms with Crippen molar-refractivity contribution >= 4 is 21.4 Å². The van der Waals surface area contributed by atoms with Crippen LogP contribution < -0.4 is 5.32 Å². The van der Waals surface area contributed by atoms with Crippen molar-refractivity contribution in [2.75, 3.05) is 30.4 Å². The molecule has 1 aliphatic rings. The van der Waals surface area contributed by atoms with E-state index in [4.69, 9.17) is 0 Å². The number of likely N-dealkylation sites (tertiary alicyclic amines) is 1. The van der Waals surface area contributed by atoms with Crippen LogP contribution in [0.4, 0.5) is 5.69 Å². The summed E-state index contributed by atoms with van der Waals surface area (Å²) in [6, 6.07) is 7.81.